The molecule has 1 saturated heterocycles. The highest BCUT2D eigenvalue weighted by Gasteiger charge is 2.38. The molecule has 5 rings (SSSR count). The third-order valence-corrected chi connectivity index (χ3v) is 6.52. The number of ether oxygens (including phenoxy) is 2. The Labute approximate surface area is 193 Å². The van der Waals surface area contributed by atoms with E-state index in [2.05, 4.69) is 41.0 Å². The van der Waals surface area contributed by atoms with Crippen molar-refractivity contribution < 1.29 is 19.1 Å². The van der Waals surface area contributed by atoms with Crippen molar-refractivity contribution in [1.29, 1.82) is 0 Å². The molecule has 2 amide bonds. The Bertz CT molecular complexity index is 1180. The second kappa shape index (κ2) is 9.14. The highest BCUT2D eigenvalue weighted by molar-refractivity contribution is 5.83. The summed E-state index contributed by atoms with van der Waals surface area (Å²) in [5.41, 5.74) is 0.781. The molecule has 3 aromatic carbocycles. The minimum atomic E-state index is -0.389. The summed E-state index contributed by atoms with van der Waals surface area (Å²) in [6.45, 7) is 0.788. The number of nitrogens with one attached hydrogen (secondary N) is 2. The maximum absolute atomic E-state index is 12.6. The van der Waals surface area contributed by atoms with Crippen LogP contribution in [0.1, 0.15) is 31.2 Å². The van der Waals surface area contributed by atoms with Crippen LogP contribution < -0.4 is 20.1 Å². The normalized spacial score (nSPS) is 21.6. The first-order chi connectivity index (χ1) is 16.1. The monoisotopic (exact) mass is 444 g/mol. The van der Waals surface area contributed by atoms with Gasteiger partial charge in [0.25, 0.3) is 0 Å². The van der Waals surface area contributed by atoms with Crippen molar-refractivity contribution in [1.82, 2.24) is 10.6 Å². The molecular weight excluding hydrogens is 416 g/mol. The topological polar surface area (TPSA) is 76.7 Å². The first-order valence-electron chi connectivity index (χ1n) is 11.5. The van der Waals surface area contributed by atoms with Crippen molar-refractivity contribution in [2.45, 2.75) is 43.7 Å². The molecule has 3 aromatic rings. The maximum Gasteiger partial charge on any atom is 0.220 e. The van der Waals surface area contributed by atoms with E-state index in [-0.39, 0.29) is 23.5 Å². The van der Waals surface area contributed by atoms with Crippen molar-refractivity contribution >= 4 is 22.6 Å². The van der Waals surface area contributed by atoms with Gasteiger partial charge in [-0.25, -0.2) is 0 Å². The van der Waals surface area contributed by atoms with Crippen LogP contribution in [0.3, 0.4) is 0 Å². The quantitative estimate of drug-likeness (QED) is 0.582. The lowest BCUT2D eigenvalue weighted by Crippen LogP contribution is -2.45. The molecule has 2 unspecified atom stereocenters. The molecule has 0 saturated carbocycles. The molecule has 0 aliphatic carbocycles. The van der Waals surface area contributed by atoms with E-state index in [1.165, 1.54) is 16.3 Å². The van der Waals surface area contributed by atoms with Gasteiger partial charge in [-0.2, -0.15) is 0 Å². The fourth-order valence-electron chi connectivity index (χ4n) is 4.75. The van der Waals surface area contributed by atoms with Crippen LogP contribution >= 0.6 is 0 Å². The molecule has 0 radical (unpaired) electrons. The lowest BCUT2D eigenvalue weighted by Gasteiger charge is -2.30. The SMILES string of the molecule is O=C(CCC1(Cc2ccc3ccccc3c2)CCC(=O)N1)NCC1COc2ccccc2O1. The molecule has 6 nitrogen and oxygen atoms in total. The van der Waals surface area contributed by atoms with Crippen LogP contribution in [-0.2, 0) is 16.0 Å². The van der Waals surface area contributed by atoms with E-state index >= 15 is 0 Å². The van der Waals surface area contributed by atoms with Crippen molar-refractivity contribution in [3.8, 4) is 11.5 Å². The molecule has 0 spiro atoms. The Balaban J connectivity index is 1.18. The first-order valence-corrected chi connectivity index (χ1v) is 11.5. The van der Waals surface area contributed by atoms with Gasteiger partial charge in [-0.1, -0.05) is 54.6 Å². The third kappa shape index (κ3) is 4.95. The molecule has 2 heterocycles. The van der Waals surface area contributed by atoms with Gasteiger partial charge >= 0.3 is 0 Å². The lowest BCUT2D eigenvalue weighted by molar-refractivity contribution is -0.123. The summed E-state index contributed by atoms with van der Waals surface area (Å²) in [6, 6.07) is 22.2. The van der Waals surface area contributed by atoms with E-state index in [1.54, 1.807) is 0 Å². The Morgan fingerprint density at radius 2 is 1.82 bits per heavy atom. The van der Waals surface area contributed by atoms with Gasteiger partial charge in [-0.3, -0.25) is 9.59 Å². The fraction of sp³-hybridized carbons (Fsp3) is 0.333. The van der Waals surface area contributed by atoms with E-state index in [9.17, 15) is 9.59 Å². The van der Waals surface area contributed by atoms with Gasteiger partial charge in [0.2, 0.25) is 11.8 Å². The van der Waals surface area contributed by atoms with E-state index in [0.717, 1.165) is 12.2 Å². The van der Waals surface area contributed by atoms with Crippen molar-refractivity contribution in [2.24, 2.45) is 0 Å². The summed E-state index contributed by atoms with van der Waals surface area (Å²) in [5, 5.41) is 8.52. The lowest BCUT2D eigenvalue weighted by atomic mass is 9.84. The smallest absolute Gasteiger partial charge is 0.220 e. The zero-order valence-corrected chi connectivity index (χ0v) is 18.5. The average Bonchev–Trinajstić information content (AvgIpc) is 3.21. The van der Waals surface area contributed by atoms with Crippen LogP contribution in [0.25, 0.3) is 10.8 Å². The van der Waals surface area contributed by atoms with Crippen LogP contribution in [0.5, 0.6) is 11.5 Å². The van der Waals surface area contributed by atoms with Gasteiger partial charge in [0.15, 0.2) is 11.5 Å². The van der Waals surface area contributed by atoms with E-state index in [1.807, 2.05) is 36.4 Å². The highest BCUT2D eigenvalue weighted by atomic mass is 16.6. The standard InChI is InChI=1S/C27H28N2O4/c30-25(28-17-22-18-32-23-7-3-4-8-24(23)33-22)11-13-27(14-12-26(31)29-27)16-19-9-10-20-5-1-2-6-21(20)15-19/h1-10,15,22H,11-14,16-18H2,(H,28,30)(H,29,31). The zero-order valence-electron chi connectivity index (χ0n) is 18.5. The average molecular weight is 445 g/mol. The van der Waals surface area contributed by atoms with E-state index in [0.29, 0.717) is 44.6 Å². The van der Waals surface area contributed by atoms with Crippen LogP contribution in [-0.4, -0.2) is 36.6 Å². The molecule has 6 heteroatoms. The van der Waals surface area contributed by atoms with Crippen LogP contribution in [0, 0.1) is 0 Å². The van der Waals surface area contributed by atoms with Gasteiger partial charge in [-0.05, 0) is 47.7 Å². The molecule has 2 aliphatic rings. The molecule has 2 aliphatic heterocycles. The minimum absolute atomic E-state index is 0.0449. The molecule has 0 aromatic heterocycles. The second-order valence-corrected chi connectivity index (χ2v) is 8.99. The molecule has 2 N–H and O–H groups in total. The van der Waals surface area contributed by atoms with Gasteiger partial charge in [0.05, 0.1) is 6.54 Å². The summed E-state index contributed by atoms with van der Waals surface area (Å²) in [5.74, 6) is 1.44. The number of rotatable bonds is 7. The molecule has 0 bridgehead atoms. The van der Waals surface area contributed by atoms with Gasteiger partial charge in [0, 0.05) is 18.4 Å². The third-order valence-electron chi connectivity index (χ3n) is 6.52. The predicted octanol–water partition coefficient (Wildman–Crippen LogP) is 3.77. The Morgan fingerprint density at radius 1 is 1.03 bits per heavy atom. The zero-order chi connectivity index (χ0) is 22.7. The van der Waals surface area contributed by atoms with Gasteiger partial charge < -0.3 is 20.1 Å². The summed E-state index contributed by atoms with van der Waals surface area (Å²) in [4.78, 5) is 24.7. The number of benzene rings is 3. The second-order valence-electron chi connectivity index (χ2n) is 8.99. The summed E-state index contributed by atoms with van der Waals surface area (Å²) < 4.78 is 11.6. The number of carbonyl (C=O) groups is 2. The predicted molar refractivity (Wildman–Crippen MR) is 126 cm³/mol. The van der Waals surface area contributed by atoms with Crippen molar-refractivity contribution in [2.75, 3.05) is 13.2 Å². The van der Waals surface area contributed by atoms with E-state index in [4.69, 9.17) is 9.47 Å². The molecule has 2 atom stereocenters. The molecule has 33 heavy (non-hydrogen) atoms. The van der Waals surface area contributed by atoms with Crippen LogP contribution in [0.15, 0.2) is 66.7 Å². The van der Waals surface area contributed by atoms with Crippen molar-refractivity contribution in [3.63, 3.8) is 0 Å². The van der Waals surface area contributed by atoms with E-state index < -0.39 is 0 Å². The minimum Gasteiger partial charge on any atom is -0.486 e. The first kappa shape index (κ1) is 21.3. The number of para-hydroxylation sites is 2. The van der Waals surface area contributed by atoms with Gasteiger partial charge in [-0.15, -0.1) is 0 Å². The van der Waals surface area contributed by atoms with Crippen LogP contribution in [0.4, 0.5) is 0 Å². The van der Waals surface area contributed by atoms with Gasteiger partial charge in [0.1, 0.15) is 12.7 Å². The number of fused-ring (bicyclic) bond motifs is 2. The number of carbonyl (C=O) groups excluding carboxylic acids is 2. The maximum atomic E-state index is 12.6. The summed E-state index contributed by atoms with van der Waals surface area (Å²) in [6.07, 6.45) is 2.68. The highest BCUT2D eigenvalue weighted by Crippen LogP contribution is 2.32. The fourth-order valence-corrected chi connectivity index (χ4v) is 4.75. The Hall–Kier alpha value is -3.54. The largest absolute Gasteiger partial charge is 0.486 e. The van der Waals surface area contributed by atoms with Crippen molar-refractivity contribution in [3.05, 3.63) is 72.3 Å². The molecule has 1 fully saturated rings. The summed E-state index contributed by atoms with van der Waals surface area (Å²) in [7, 11) is 0. The Morgan fingerprint density at radius 3 is 2.64 bits per heavy atom. The number of hydrogen-bond acceptors (Lipinski definition) is 4. The number of amides is 2. The molecule has 170 valence electrons. The summed E-state index contributed by atoms with van der Waals surface area (Å²) >= 11 is 0. The number of hydrogen-bond donors (Lipinski definition) is 2. The molecular formula is C27H28N2O4. The van der Waals surface area contributed by atoms with Crippen LogP contribution in [0.2, 0.25) is 0 Å². The Kier molecular flexibility index (Phi) is 5.90.